The second-order valence-corrected chi connectivity index (χ2v) is 3.26. The van der Waals surface area contributed by atoms with Crippen LogP contribution in [0.15, 0.2) is 29.5 Å². The summed E-state index contributed by atoms with van der Waals surface area (Å²) >= 11 is 1.74. The van der Waals surface area contributed by atoms with Gasteiger partial charge in [-0.1, -0.05) is 6.08 Å². The Morgan fingerprint density at radius 1 is 1.82 bits per heavy atom. The molecule has 0 radical (unpaired) electrons. The van der Waals surface area contributed by atoms with Gasteiger partial charge in [0.05, 0.1) is 0 Å². The largest absolute Gasteiger partial charge is 0.307 e. The maximum Gasteiger partial charge on any atom is 0.0302 e. The van der Waals surface area contributed by atoms with Crippen molar-refractivity contribution in [3.8, 4) is 0 Å². The lowest BCUT2D eigenvalue weighted by atomic mass is 10.2. The Balaban J connectivity index is 2.42. The molecule has 1 aromatic rings. The molecule has 0 amide bonds. The molecule has 0 aromatic carbocycles. The van der Waals surface area contributed by atoms with E-state index in [1.54, 1.807) is 11.3 Å². The second kappa shape index (κ2) is 4.31. The van der Waals surface area contributed by atoms with Crippen LogP contribution in [0.2, 0.25) is 0 Å². The third kappa shape index (κ3) is 2.48. The van der Waals surface area contributed by atoms with Crippen LogP contribution in [0.3, 0.4) is 0 Å². The average Bonchev–Trinajstić information content (AvgIpc) is 2.52. The molecule has 1 unspecified atom stereocenters. The van der Waals surface area contributed by atoms with Crippen molar-refractivity contribution in [2.45, 2.75) is 13.0 Å². The number of hydrogen-bond donors (Lipinski definition) is 1. The van der Waals surface area contributed by atoms with E-state index in [9.17, 15) is 0 Å². The summed E-state index contributed by atoms with van der Waals surface area (Å²) in [6, 6.07) is 2.59. The van der Waals surface area contributed by atoms with Gasteiger partial charge in [0.2, 0.25) is 0 Å². The fraction of sp³-hybridized carbons (Fsp3) is 0.333. The minimum Gasteiger partial charge on any atom is -0.307 e. The van der Waals surface area contributed by atoms with Gasteiger partial charge >= 0.3 is 0 Å². The molecule has 2 heteroatoms. The van der Waals surface area contributed by atoms with E-state index in [-0.39, 0.29) is 0 Å². The first-order chi connectivity index (χ1) is 5.34. The first-order valence-electron chi connectivity index (χ1n) is 3.71. The summed E-state index contributed by atoms with van der Waals surface area (Å²) in [5.74, 6) is 0. The molecule has 60 valence electrons. The van der Waals surface area contributed by atoms with E-state index >= 15 is 0 Å². The van der Waals surface area contributed by atoms with E-state index in [4.69, 9.17) is 0 Å². The van der Waals surface area contributed by atoms with E-state index < -0.39 is 0 Å². The van der Waals surface area contributed by atoms with Gasteiger partial charge in [-0.05, 0) is 29.3 Å². The van der Waals surface area contributed by atoms with Crippen molar-refractivity contribution >= 4 is 11.3 Å². The third-order valence-corrected chi connectivity index (χ3v) is 2.31. The Kier molecular flexibility index (Phi) is 3.33. The molecular formula is C9H13NS. The van der Waals surface area contributed by atoms with Gasteiger partial charge in [0.25, 0.3) is 0 Å². The lowest BCUT2D eigenvalue weighted by molar-refractivity contribution is 0.619. The van der Waals surface area contributed by atoms with Crippen molar-refractivity contribution in [3.63, 3.8) is 0 Å². The fourth-order valence-electron chi connectivity index (χ4n) is 0.899. The number of thiophene rings is 1. The Labute approximate surface area is 71.8 Å². The van der Waals surface area contributed by atoms with Gasteiger partial charge in [-0.25, -0.2) is 0 Å². The predicted octanol–water partition coefficient (Wildman–Crippen LogP) is 2.58. The molecule has 0 saturated heterocycles. The van der Waals surface area contributed by atoms with Crippen molar-refractivity contribution in [3.05, 3.63) is 35.0 Å². The highest BCUT2D eigenvalue weighted by atomic mass is 32.1. The van der Waals surface area contributed by atoms with E-state index in [1.807, 2.05) is 6.08 Å². The highest BCUT2D eigenvalue weighted by molar-refractivity contribution is 7.07. The van der Waals surface area contributed by atoms with Gasteiger partial charge in [0.15, 0.2) is 0 Å². The molecule has 1 heterocycles. The zero-order valence-corrected chi connectivity index (χ0v) is 7.53. The Morgan fingerprint density at radius 3 is 3.18 bits per heavy atom. The Hall–Kier alpha value is -0.600. The summed E-state index contributed by atoms with van der Waals surface area (Å²) in [7, 11) is 0. The SMILES string of the molecule is C=CCNC(C)c1ccsc1. The van der Waals surface area contributed by atoms with Crippen LogP contribution >= 0.6 is 11.3 Å². The monoisotopic (exact) mass is 167 g/mol. The molecule has 0 aliphatic carbocycles. The van der Waals surface area contributed by atoms with Crippen LogP contribution in [0.25, 0.3) is 0 Å². The minimum atomic E-state index is 0.444. The molecule has 0 spiro atoms. The number of hydrogen-bond acceptors (Lipinski definition) is 2. The van der Waals surface area contributed by atoms with Crippen LogP contribution in [0.1, 0.15) is 18.5 Å². The number of rotatable bonds is 4. The molecule has 0 bridgehead atoms. The summed E-state index contributed by atoms with van der Waals surface area (Å²) in [6.45, 7) is 6.68. The molecule has 1 rings (SSSR count). The standard InChI is InChI=1S/C9H13NS/c1-3-5-10-8(2)9-4-6-11-7-9/h3-4,6-8,10H,1,5H2,2H3. The second-order valence-electron chi connectivity index (χ2n) is 2.48. The third-order valence-electron chi connectivity index (χ3n) is 1.61. The normalized spacial score (nSPS) is 12.8. The highest BCUT2D eigenvalue weighted by Gasteiger charge is 2.01. The molecule has 0 aliphatic heterocycles. The molecule has 0 saturated carbocycles. The van der Waals surface area contributed by atoms with Gasteiger partial charge in [-0.2, -0.15) is 11.3 Å². The van der Waals surface area contributed by atoms with Crippen molar-refractivity contribution in [1.82, 2.24) is 5.32 Å². The molecule has 1 aromatic heterocycles. The summed E-state index contributed by atoms with van der Waals surface area (Å²) in [6.07, 6.45) is 1.88. The van der Waals surface area contributed by atoms with Crippen LogP contribution < -0.4 is 5.32 Å². The predicted molar refractivity (Wildman–Crippen MR) is 50.9 cm³/mol. The molecule has 0 aliphatic rings. The van der Waals surface area contributed by atoms with Crippen molar-refractivity contribution in [2.24, 2.45) is 0 Å². The molecule has 11 heavy (non-hydrogen) atoms. The Bertz CT molecular complexity index is 203. The van der Waals surface area contributed by atoms with Crippen LogP contribution in [-0.4, -0.2) is 6.54 Å². The lowest BCUT2D eigenvalue weighted by Gasteiger charge is -2.09. The van der Waals surface area contributed by atoms with Gasteiger partial charge in [-0.15, -0.1) is 6.58 Å². The summed E-state index contributed by atoms with van der Waals surface area (Å²) in [4.78, 5) is 0. The summed E-state index contributed by atoms with van der Waals surface area (Å²) in [5.41, 5.74) is 1.36. The van der Waals surface area contributed by atoms with Crippen molar-refractivity contribution in [2.75, 3.05) is 6.54 Å². The molecule has 1 nitrogen and oxygen atoms in total. The van der Waals surface area contributed by atoms with Crippen LogP contribution in [0.5, 0.6) is 0 Å². The smallest absolute Gasteiger partial charge is 0.0302 e. The first-order valence-corrected chi connectivity index (χ1v) is 4.65. The maximum atomic E-state index is 3.65. The molecular weight excluding hydrogens is 154 g/mol. The van der Waals surface area contributed by atoms with Gasteiger partial charge in [0, 0.05) is 12.6 Å². The van der Waals surface area contributed by atoms with E-state index in [1.165, 1.54) is 5.56 Å². The van der Waals surface area contributed by atoms with Crippen LogP contribution in [0.4, 0.5) is 0 Å². The number of nitrogens with one attached hydrogen (secondary N) is 1. The molecule has 1 N–H and O–H groups in total. The fourth-order valence-corrected chi connectivity index (χ4v) is 1.65. The minimum absolute atomic E-state index is 0.444. The van der Waals surface area contributed by atoms with Crippen molar-refractivity contribution in [1.29, 1.82) is 0 Å². The first kappa shape index (κ1) is 8.50. The zero-order chi connectivity index (χ0) is 8.10. The van der Waals surface area contributed by atoms with E-state index in [0.29, 0.717) is 6.04 Å². The zero-order valence-electron chi connectivity index (χ0n) is 6.71. The summed E-state index contributed by atoms with van der Waals surface area (Å²) in [5, 5.41) is 7.59. The van der Waals surface area contributed by atoms with Gasteiger partial charge < -0.3 is 5.32 Å². The summed E-state index contributed by atoms with van der Waals surface area (Å²) < 4.78 is 0. The van der Waals surface area contributed by atoms with Crippen molar-refractivity contribution < 1.29 is 0 Å². The van der Waals surface area contributed by atoms with Gasteiger partial charge in [-0.3, -0.25) is 0 Å². The highest BCUT2D eigenvalue weighted by Crippen LogP contribution is 2.14. The Morgan fingerprint density at radius 2 is 2.64 bits per heavy atom. The average molecular weight is 167 g/mol. The topological polar surface area (TPSA) is 12.0 Å². The molecule has 0 fully saturated rings. The van der Waals surface area contributed by atoms with Gasteiger partial charge in [0.1, 0.15) is 0 Å². The van der Waals surface area contributed by atoms with Crippen LogP contribution in [0, 0.1) is 0 Å². The quantitative estimate of drug-likeness (QED) is 0.680. The molecule has 1 atom stereocenters. The van der Waals surface area contributed by atoms with E-state index in [0.717, 1.165) is 6.54 Å². The maximum absolute atomic E-state index is 3.65. The lowest BCUT2D eigenvalue weighted by Crippen LogP contribution is -2.17. The van der Waals surface area contributed by atoms with E-state index in [2.05, 4.69) is 35.6 Å². The van der Waals surface area contributed by atoms with Crippen LogP contribution in [-0.2, 0) is 0 Å².